The summed E-state index contributed by atoms with van der Waals surface area (Å²) in [4.78, 5) is 11.7. The van der Waals surface area contributed by atoms with Gasteiger partial charge in [0.25, 0.3) is 5.91 Å². The van der Waals surface area contributed by atoms with Crippen LogP contribution in [0.3, 0.4) is 0 Å². The van der Waals surface area contributed by atoms with E-state index in [-0.39, 0.29) is 5.91 Å². The summed E-state index contributed by atoms with van der Waals surface area (Å²) in [6.45, 7) is 6.00. The lowest BCUT2D eigenvalue weighted by Gasteiger charge is -2.22. The normalized spacial score (nSPS) is 16.5. The highest BCUT2D eigenvalue weighted by molar-refractivity contribution is 9.11. The Morgan fingerprint density at radius 1 is 1.61 bits per heavy atom. The van der Waals surface area contributed by atoms with Crippen molar-refractivity contribution in [2.45, 2.75) is 18.9 Å². The molecule has 0 atom stereocenters. The number of piperidine rings is 1. The Balaban J connectivity index is 1.96. The lowest BCUT2D eigenvalue weighted by molar-refractivity contribution is 0.0952. The summed E-state index contributed by atoms with van der Waals surface area (Å²) < 4.78 is 2.51. The van der Waals surface area contributed by atoms with E-state index in [9.17, 15) is 4.79 Å². The van der Waals surface area contributed by atoms with E-state index in [0.29, 0.717) is 18.3 Å². The van der Waals surface area contributed by atoms with Crippen LogP contribution < -0.4 is 10.6 Å². The van der Waals surface area contributed by atoms with Crippen LogP contribution in [0.4, 0.5) is 0 Å². The van der Waals surface area contributed by atoms with Gasteiger partial charge >= 0.3 is 0 Å². The van der Waals surface area contributed by atoms with Gasteiger partial charge in [0, 0.05) is 11.0 Å². The van der Waals surface area contributed by atoms with Crippen molar-refractivity contribution >= 4 is 21.8 Å². The van der Waals surface area contributed by atoms with Crippen molar-refractivity contribution in [2.75, 3.05) is 19.6 Å². The summed E-state index contributed by atoms with van der Waals surface area (Å²) in [7, 11) is 0. The molecule has 6 nitrogen and oxygen atoms in total. The minimum atomic E-state index is -0.226. The van der Waals surface area contributed by atoms with Crippen LogP contribution in [0, 0.1) is 0 Å². The second-order valence-electron chi connectivity index (χ2n) is 4.26. The maximum absolute atomic E-state index is 11.7. The molecular weight excluding hydrogens is 298 g/mol. The second-order valence-corrected chi connectivity index (χ2v) is 5.39. The number of nitrogens with zero attached hydrogens (tertiary/aromatic N) is 3. The fourth-order valence-electron chi connectivity index (χ4n) is 1.90. The standard InChI is InChI=1S/C11H16BrN5O/c1-8(12)6-14-11(18)10-7-17(16-15-10)9-2-4-13-5-3-9/h7,9,13H,1-6H2,(H,14,18). The van der Waals surface area contributed by atoms with E-state index in [4.69, 9.17) is 0 Å². The van der Waals surface area contributed by atoms with E-state index in [1.807, 2.05) is 0 Å². The number of rotatable bonds is 4. The molecule has 1 aromatic heterocycles. The second kappa shape index (κ2) is 6.10. The topological polar surface area (TPSA) is 71.8 Å². The van der Waals surface area contributed by atoms with E-state index < -0.39 is 0 Å². The third kappa shape index (κ3) is 3.39. The average Bonchev–Trinajstić information content (AvgIpc) is 2.86. The van der Waals surface area contributed by atoms with E-state index in [0.717, 1.165) is 30.4 Å². The van der Waals surface area contributed by atoms with Crippen LogP contribution in [0.1, 0.15) is 29.4 Å². The Kier molecular flexibility index (Phi) is 4.48. The highest BCUT2D eigenvalue weighted by Gasteiger charge is 2.18. The lowest BCUT2D eigenvalue weighted by Crippen LogP contribution is -2.29. The molecule has 18 heavy (non-hydrogen) atoms. The molecule has 2 rings (SSSR count). The molecule has 1 saturated heterocycles. The molecule has 1 amide bonds. The average molecular weight is 314 g/mol. The highest BCUT2D eigenvalue weighted by Crippen LogP contribution is 2.16. The van der Waals surface area contributed by atoms with Gasteiger partial charge in [-0.05, 0) is 25.9 Å². The van der Waals surface area contributed by atoms with Gasteiger partial charge in [0.1, 0.15) is 0 Å². The van der Waals surface area contributed by atoms with Crippen molar-refractivity contribution < 1.29 is 4.79 Å². The van der Waals surface area contributed by atoms with E-state index in [1.165, 1.54) is 0 Å². The molecule has 2 N–H and O–H groups in total. The summed E-state index contributed by atoms with van der Waals surface area (Å²) in [6.07, 6.45) is 3.74. The van der Waals surface area contributed by atoms with Gasteiger partial charge in [-0.2, -0.15) is 0 Å². The molecule has 1 aliphatic rings. The molecule has 1 fully saturated rings. The molecule has 0 bridgehead atoms. The minimum Gasteiger partial charge on any atom is -0.346 e. The van der Waals surface area contributed by atoms with Gasteiger partial charge in [-0.3, -0.25) is 4.79 Å². The number of carbonyl (C=O) groups excluding carboxylic acids is 1. The molecule has 7 heteroatoms. The van der Waals surface area contributed by atoms with Crippen LogP contribution in [0.2, 0.25) is 0 Å². The van der Waals surface area contributed by atoms with Gasteiger partial charge in [0.2, 0.25) is 0 Å². The number of halogens is 1. The molecular formula is C11H16BrN5O. The summed E-state index contributed by atoms with van der Waals surface area (Å²) >= 11 is 3.19. The molecule has 0 unspecified atom stereocenters. The monoisotopic (exact) mass is 313 g/mol. The number of carbonyl (C=O) groups is 1. The molecule has 0 aliphatic carbocycles. The third-order valence-electron chi connectivity index (χ3n) is 2.87. The maximum atomic E-state index is 11.7. The smallest absolute Gasteiger partial charge is 0.273 e. The predicted octanol–water partition coefficient (Wildman–Crippen LogP) is 0.841. The minimum absolute atomic E-state index is 0.226. The summed E-state index contributed by atoms with van der Waals surface area (Å²) in [5.74, 6) is -0.226. The lowest BCUT2D eigenvalue weighted by atomic mass is 10.1. The first kappa shape index (κ1) is 13.2. The zero-order chi connectivity index (χ0) is 13.0. The Bertz CT molecular complexity index is 438. The van der Waals surface area contributed by atoms with Crippen LogP contribution in [0.5, 0.6) is 0 Å². The molecule has 0 radical (unpaired) electrons. The van der Waals surface area contributed by atoms with E-state index >= 15 is 0 Å². The third-order valence-corrected chi connectivity index (χ3v) is 3.15. The first-order valence-corrected chi connectivity index (χ1v) is 6.70. The number of nitrogens with one attached hydrogen (secondary N) is 2. The van der Waals surface area contributed by atoms with Gasteiger partial charge in [-0.15, -0.1) is 5.10 Å². The van der Waals surface area contributed by atoms with Crippen LogP contribution in [0.25, 0.3) is 0 Å². The zero-order valence-electron chi connectivity index (χ0n) is 10.0. The summed E-state index contributed by atoms with van der Waals surface area (Å²) in [5.41, 5.74) is 0.349. The van der Waals surface area contributed by atoms with E-state index in [1.54, 1.807) is 10.9 Å². The van der Waals surface area contributed by atoms with Crippen molar-refractivity contribution in [2.24, 2.45) is 0 Å². The zero-order valence-corrected chi connectivity index (χ0v) is 11.6. The predicted molar refractivity (Wildman–Crippen MR) is 71.6 cm³/mol. The van der Waals surface area contributed by atoms with Crippen molar-refractivity contribution in [3.8, 4) is 0 Å². The van der Waals surface area contributed by atoms with Gasteiger partial charge in [-0.1, -0.05) is 27.7 Å². The number of aromatic nitrogens is 3. The SMILES string of the molecule is C=C(Br)CNC(=O)c1cn(C2CCNCC2)nn1. The van der Waals surface area contributed by atoms with Crippen molar-refractivity contribution in [1.82, 2.24) is 25.6 Å². The van der Waals surface area contributed by atoms with Crippen molar-refractivity contribution in [3.05, 3.63) is 23.0 Å². The van der Waals surface area contributed by atoms with Gasteiger partial charge < -0.3 is 10.6 Å². The molecule has 2 heterocycles. The number of hydrogen-bond donors (Lipinski definition) is 2. The largest absolute Gasteiger partial charge is 0.346 e. The quantitative estimate of drug-likeness (QED) is 0.864. The Labute approximate surface area is 114 Å². The maximum Gasteiger partial charge on any atom is 0.273 e. The van der Waals surface area contributed by atoms with Crippen LogP contribution in [-0.4, -0.2) is 40.5 Å². The molecule has 98 valence electrons. The molecule has 1 aromatic rings. The van der Waals surface area contributed by atoms with Crippen molar-refractivity contribution in [1.29, 1.82) is 0 Å². The molecule has 0 saturated carbocycles. The molecule has 1 aliphatic heterocycles. The Morgan fingerprint density at radius 3 is 3.00 bits per heavy atom. The first-order chi connectivity index (χ1) is 8.66. The fourth-order valence-corrected chi connectivity index (χ4v) is 2.04. The highest BCUT2D eigenvalue weighted by atomic mass is 79.9. The molecule has 0 spiro atoms. The van der Waals surface area contributed by atoms with Gasteiger partial charge in [0.05, 0.1) is 12.2 Å². The number of amides is 1. The first-order valence-electron chi connectivity index (χ1n) is 5.91. The number of hydrogen-bond acceptors (Lipinski definition) is 4. The Morgan fingerprint density at radius 2 is 2.33 bits per heavy atom. The van der Waals surface area contributed by atoms with Crippen LogP contribution >= 0.6 is 15.9 Å². The Hall–Kier alpha value is -1.21. The van der Waals surface area contributed by atoms with Crippen LogP contribution in [0.15, 0.2) is 17.3 Å². The summed E-state index contributed by atoms with van der Waals surface area (Å²) in [6, 6.07) is 0.339. The summed E-state index contributed by atoms with van der Waals surface area (Å²) in [5, 5.41) is 13.9. The van der Waals surface area contributed by atoms with E-state index in [2.05, 4.69) is 43.5 Å². The van der Waals surface area contributed by atoms with Crippen LogP contribution in [-0.2, 0) is 0 Å². The molecule has 0 aromatic carbocycles. The van der Waals surface area contributed by atoms with Crippen molar-refractivity contribution in [3.63, 3.8) is 0 Å². The fraction of sp³-hybridized carbons (Fsp3) is 0.545. The van der Waals surface area contributed by atoms with Gasteiger partial charge in [0.15, 0.2) is 5.69 Å². The van der Waals surface area contributed by atoms with Gasteiger partial charge in [-0.25, -0.2) is 4.68 Å².